The van der Waals surface area contributed by atoms with Crippen LogP contribution in [0.4, 0.5) is 0 Å². The summed E-state index contributed by atoms with van der Waals surface area (Å²) in [5.74, 6) is -1.93. The lowest BCUT2D eigenvalue weighted by atomic mass is 10.4. The van der Waals surface area contributed by atoms with E-state index < -0.39 is 5.97 Å². The second-order valence-electron chi connectivity index (χ2n) is 1.46. The lowest BCUT2D eigenvalue weighted by Crippen LogP contribution is -2.29. The van der Waals surface area contributed by atoms with Gasteiger partial charge in [0, 0.05) is 0 Å². The van der Waals surface area contributed by atoms with Gasteiger partial charge in [0.2, 0.25) is 0 Å². The minimum Gasteiger partial charge on any atom is -0.340 e. The van der Waals surface area contributed by atoms with Crippen LogP contribution < -0.4 is 0 Å². The molecule has 8 heavy (non-hydrogen) atoms. The quantitative estimate of drug-likeness (QED) is 0.278. The van der Waals surface area contributed by atoms with Crippen LogP contribution in [0.5, 0.6) is 0 Å². The molecule has 0 bridgehead atoms. The zero-order valence-corrected chi connectivity index (χ0v) is 4.03. The Kier molecular flexibility index (Phi) is 1.45. The van der Waals surface area contributed by atoms with Crippen molar-refractivity contribution >= 4 is 0 Å². The van der Waals surface area contributed by atoms with Crippen LogP contribution in [0.15, 0.2) is 0 Å². The SMILES string of the molecule is OOC1(O)CCOO1. The highest BCUT2D eigenvalue weighted by molar-refractivity contribution is 4.51. The third-order valence-electron chi connectivity index (χ3n) is 0.833. The first-order valence-electron chi connectivity index (χ1n) is 2.12. The van der Waals surface area contributed by atoms with Crippen LogP contribution in [0.1, 0.15) is 6.42 Å². The summed E-state index contributed by atoms with van der Waals surface area (Å²) in [5.41, 5.74) is 0. The lowest BCUT2D eigenvalue weighted by molar-refractivity contribution is -0.528. The van der Waals surface area contributed by atoms with Crippen molar-refractivity contribution in [1.82, 2.24) is 0 Å². The maximum absolute atomic E-state index is 8.68. The van der Waals surface area contributed by atoms with Crippen molar-refractivity contribution in [1.29, 1.82) is 0 Å². The van der Waals surface area contributed by atoms with Crippen molar-refractivity contribution < 1.29 is 25.0 Å². The van der Waals surface area contributed by atoms with Crippen LogP contribution in [0.2, 0.25) is 0 Å². The minimum atomic E-state index is -1.93. The summed E-state index contributed by atoms with van der Waals surface area (Å²) < 4.78 is 0. The largest absolute Gasteiger partial charge is 0.340 e. The van der Waals surface area contributed by atoms with Gasteiger partial charge in [0.1, 0.15) is 0 Å². The Morgan fingerprint density at radius 1 is 1.62 bits per heavy atom. The van der Waals surface area contributed by atoms with Crippen molar-refractivity contribution in [2.24, 2.45) is 0 Å². The molecule has 2 N–H and O–H groups in total. The summed E-state index contributed by atoms with van der Waals surface area (Å²) in [6, 6.07) is 0. The summed E-state index contributed by atoms with van der Waals surface area (Å²) in [6.07, 6.45) is 0.115. The summed E-state index contributed by atoms with van der Waals surface area (Å²) in [5, 5.41) is 16.6. The van der Waals surface area contributed by atoms with Gasteiger partial charge in [-0.3, -0.25) is 0 Å². The van der Waals surface area contributed by atoms with Crippen LogP contribution in [-0.4, -0.2) is 22.9 Å². The number of aliphatic hydroxyl groups is 1. The third-order valence-corrected chi connectivity index (χ3v) is 0.833. The van der Waals surface area contributed by atoms with E-state index in [1.54, 1.807) is 0 Å². The van der Waals surface area contributed by atoms with Gasteiger partial charge < -0.3 is 5.11 Å². The standard InChI is InChI=1S/C3H6O5/c4-3(7-5)1-2-6-8-3/h4-5H,1-2H2. The molecule has 1 rings (SSSR count). The van der Waals surface area contributed by atoms with Crippen molar-refractivity contribution in [3.8, 4) is 0 Å². The maximum Gasteiger partial charge on any atom is 0.339 e. The fourth-order valence-electron chi connectivity index (χ4n) is 0.407. The third kappa shape index (κ3) is 0.960. The van der Waals surface area contributed by atoms with Gasteiger partial charge >= 0.3 is 5.97 Å². The molecule has 0 radical (unpaired) electrons. The predicted octanol–water partition coefficient (Wildman–Crippen LogP) is -0.526. The molecule has 1 unspecified atom stereocenters. The molecule has 0 amide bonds. The molecule has 1 saturated heterocycles. The van der Waals surface area contributed by atoms with E-state index in [1.165, 1.54) is 0 Å². The summed E-state index contributed by atoms with van der Waals surface area (Å²) in [6.45, 7) is 0.219. The normalized spacial score (nSPS) is 38.2. The van der Waals surface area contributed by atoms with E-state index in [4.69, 9.17) is 10.4 Å². The minimum absolute atomic E-state index is 0.115. The Hall–Kier alpha value is -0.200. The molecule has 5 heteroatoms. The monoisotopic (exact) mass is 122 g/mol. The molecule has 5 nitrogen and oxygen atoms in total. The average Bonchev–Trinajstić information content (AvgIpc) is 2.17. The van der Waals surface area contributed by atoms with Gasteiger partial charge in [0.15, 0.2) is 0 Å². The van der Waals surface area contributed by atoms with Gasteiger partial charge in [-0.2, -0.15) is 9.78 Å². The van der Waals surface area contributed by atoms with Crippen LogP contribution in [0.25, 0.3) is 0 Å². The van der Waals surface area contributed by atoms with Gasteiger partial charge in [0.05, 0.1) is 13.0 Å². The molecule has 0 aliphatic carbocycles. The van der Waals surface area contributed by atoms with Crippen molar-refractivity contribution in [2.75, 3.05) is 6.61 Å². The lowest BCUT2D eigenvalue weighted by Gasteiger charge is -2.11. The maximum atomic E-state index is 8.68. The van der Waals surface area contributed by atoms with Crippen molar-refractivity contribution in [2.45, 2.75) is 12.4 Å². The van der Waals surface area contributed by atoms with Gasteiger partial charge in [-0.25, -0.2) is 10.1 Å². The molecular formula is C3H6O5. The Balaban J connectivity index is 2.40. The first kappa shape index (κ1) is 5.93. The molecule has 1 aliphatic rings. The number of hydrogen-bond acceptors (Lipinski definition) is 5. The topological polar surface area (TPSA) is 68.2 Å². The Labute approximate surface area is 45.3 Å². The Bertz CT molecular complexity index is 75.7. The molecular weight excluding hydrogens is 116 g/mol. The number of hydrogen-bond donors (Lipinski definition) is 2. The molecule has 1 fully saturated rings. The highest BCUT2D eigenvalue weighted by Gasteiger charge is 2.36. The van der Waals surface area contributed by atoms with Crippen LogP contribution in [0.3, 0.4) is 0 Å². The van der Waals surface area contributed by atoms with E-state index in [0.717, 1.165) is 0 Å². The van der Waals surface area contributed by atoms with Crippen LogP contribution in [0, 0.1) is 0 Å². The first-order chi connectivity index (χ1) is 3.77. The molecule has 1 atom stereocenters. The van der Waals surface area contributed by atoms with Gasteiger partial charge in [-0.15, -0.1) is 0 Å². The van der Waals surface area contributed by atoms with Gasteiger partial charge in [0.25, 0.3) is 0 Å². The van der Waals surface area contributed by atoms with Gasteiger partial charge in [-0.1, -0.05) is 0 Å². The fourth-order valence-corrected chi connectivity index (χ4v) is 0.407. The highest BCUT2D eigenvalue weighted by Crippen LogP contribution is 2.19. The van der Waals surface area contributed by atoms with Crippen LogP contribution >= 0.6 is 0 Å². The fraction of sp³-hybridized carbons (Fsp3) is 1.00. The van der Waals surface area contributed by atoms with Crippen molar-refractivity contribution in [3.63, 3.8) is 0 Å². The van der Waals surface area contributed by atoms with E-state index >= 15 is 0 Å². The molecule has 1 aliphatic heterocycles. The van der Waals surface area contributed by atoms with E-state index in [9.17, 15) is 0 Å². The molecule has 1 heterocycles. The second kappa shape index (κ2) is 1.96. The Morgan fingerprint density at radius 2 is 2.38 bits per heavy atom. The zero-order valence-electron chi connectivity index (χ0n) is 4.03. The van der Waals surface area contributed by atoms with E-state index in [0.29, 0.717) is 0 Å². The summed E-state index contributed by atoms with van der Waals surface area (Å²) in [4.78, 5) is 11.8. The molecule has 0 aromatic rings. The average molecular weight is 122 g/mol. The number of rotatable bonds is 1. The van der Waals surface area contributed by atoms with Gasteiger partial charge in [-0.05, 0) is 0 Å². The molecule has 0 aromatic carbocycles. The van der Waals surface area contributed by atoms with Crippen molar-refractivity contribution in [3.05, 3.63) is 0 Å². The second-order valence-corrected chi connectivity index (χ2v) is 1.46. The van der Waals surface area contributed by atoms with E-state index in [-0.39, 0.29) is 13.0 Å². The highest BCUT2D eigenvalue weighted by atomic mass is 17.3. The predicted molar refractivity (Wildman–Crippen MR) is 20.3 cm³/mol. The van der Waals surface area contributed by atoms with E-state index in [2.05, 4.69) is 14.7 Å². The summed E-state index contributed by atoms with van der Waals surface area (Å²) >= 11 is 0. The smallest absolute Gasteiger partial charge is 0.339 e. The Morgan fingerprint density at radius 3 is 2.62 bits per heavy atom. The molecule has 0 saturated carbocycles. The zero-order chi connectivity index (χ0) is 6.04. The summed E-state index contributed by atoms with van der Waals surface area (Å²) in [7, 11) is 0. The van der Waals surface area contributed by atoms with E-state index in [1.807, 2.05) is 0 Å². The molecule has 0 aromatic heterocycles. The van der Waals surface area contributed by atoms with Crippen LogP contribution in [-0.2, 0) is 14.7 Å². The first-order valence-corrected chi connectivity index (χ1v) is 2.12. The molecule has 48 valence electrons. The molecule has 0 spiro atoms.